The molecule has 4 nitrogen and oxygen atoms in total. The van der Waals surface area contributed by atoms with Gasteiger partial charge >= 0.3 is 0 Å². The Bertz CT molecular complexity index is 522. The number of likely N-dealkylation sites (tertiary alicyclic amines) is 1. The summed E-state index contributed by atoms with van der Waals surface area (Å²) in [5, 5.41) is 9.54. The Morgan fingerprint density at radius 1 is 1.38 bits per heavy atom. The second-order valence-corrected chi connectivity index (χ2v) is 5.41. The summed E-state index contributed by atoms with van der Waals surface area (Å²) in [6, 6.07) is 3.16. The Hall–Kier alpha value is -1.69. The van der Waals surface area contributed by atoms with E-state index in [-0.39, 0.29) is 17.6 Å². The summed E-state index contributed by atoms with van der Waals surface area (Å²) in [5.74, 6) is -2.00. The smallest absolute Gasteiger partial charge is 0.263 e. The van der Waals surface area contributed by atoms with E-state index in [4.69, 9.17) is 4.74 Å². The van der Waals surface area contributed by atoms with Crippen molar-refractivity contribution in [2.45, 2.75) is 32.5 Å². The van der Waals surface area contributed by atoms with Crippen LogP contribution in [-0.2, 0) is 4.79 Å². The minimum Gasteiger partial charge on any atom is -0.481 e. The first kappa shape index (κ1) is 15.7. The van der Waals surface area contributed by atoms with Crippen LogP contribution in [0.5, 0.6) is 5.75 Å². The van der Waals surface area contributed by atoms with Crippen LogP contribution in [0.4, 0.5) is 8.78 Å². The third kappa shape index (κ3) is 3.69. The highest BCUT2D eigenvalue weighted by atomic mass is 19.2. The molecule has 116 valence electrons. The van der Waals surface area contributed by atoms with Crippen LogP contribution in [0.15, 0.2) is 18.2 Å². The molecule has 1 aliphatic heterocycles. The van der Waals surface area contributed by atoms with Crippen molar-refractivity contribution in [3.8, 4) is 5.75 Å². The fraction of sp³-hybridized carbons (Fsp3) is 0.533. The van der Waals surface area contributed by atoms with Crippen LogP contribution in [-0.4, -0.2) is 41.2 Å². The van der Waals surface area contributed by atoms with Gasteiger partial charge in [0.1, 0.15) is 5.75 Å². The summed E-state index contributed by atoms with van der Waals surface area (Å²) >= 11 is 0. The molecule has 0 spiro atoms. The highest BCUT2D eigenvalue weighted by Crippen LogP contribution is 2.22. The third-order valence-electron chi connectivity index (χ3n) is 3.77. The minimum absolute atomic E-state index is 0.0735. The van der Waals surface area contributed by atoms with Crippen molar-refractivity contribution in [3.05, 3.63) is 29.8 Å². The second-order valence-electron chi connectivity index (χ2n) is 5.41. The van der Waals surface area contributed by atoms with Gasteiger partial charge in [0.2, 0.25) is 0 Å². The predicted octanol–water partition coefficient (Wildman–Crippen LogP) is 1.96. The van der Waals surface area contributed by atoms with E-state index in [0.717, 1.165) is 18.6 Å². The molecule has 1 fully saturated rings. The monoisotopic (exact) mass is 299 g/mol. The van der Waals surface area contributed by atoms with Gasteiger partial charge in [-0.15, -0.1) is 0 Å². The quantitative estimate of drug-likeness (QED) is 0.924. The molecule has 1 amide bonds. The van der Waals surface area contributed by atoms with Gasteiger partial charge in [0.25, 0.3) is 5.91 Å². The van der Waals surface area contributed by atoms with Gasteiger partial charge in [0, 0.05) is 25.1 Å². The highest BCUT2D eigenvalue weighted by molar-refractivity contribution is 5.81. The fourth-order valence-electron chi connectivity index (χ4n) is 2.44. The number of rotatable bonds is 4. The topological polar surface area (TPSA) is 49.8 Å². The predicted molar refractivity (Wildman–Crippen MR) is 72.8 cm³/mol. The zero-order valence-corrected chi connectivity index (χ0v) is 12.1. The number of aliphatic hydroxyl groups is 1. The van der Waals surface area contributed by atoms with E-state index in [1.54, 1.807) is 18.7 Å². The minimum atomic E-state index is -1.01. The van der Waals surface area contributed by atoms with E-state index in [1.165, 1.54) is 6.07 Å². The average Bonchev–Trinajstić information content (AvgIpc) is 2.92. The van der Waals surface area contributed by atoms with Gasteiger partial charge in [-0.1, -0.05) is 0 Å². The van der Waals surface area contributed by atoms with Crippen molar-refractivity contribution in [2.75, 3.05) is 13.1 Å². The Morgan fingerprint density at radius 2 is 2.10 bits per heavy atom. The Morgan fingerprint density at radius 3 is 2.67 bits per heavy atom. The molecule has 1 saturated heterocycles. The summed E-state index contributed by atoms with van der Waals surface area (Å²) in [4.78, 5) is 13.8. The Balaban J connectivity index is 1.95. The molecule has 0 saturated carbocycles. The standard InChI is InChI=1S/C15H19F2NO3/c1-9(19)11-5-6-18(8-11)15(20)10(2)21-12-3-4-13(16)14(17)7-12/h3-4,7,9-11,19H,5-6,8H2,1-2H3. The molecule has 1 aromatic rings. The molecule has 0 aliphatic carbocycles. The lowest BCUT2D eigenvalue weighted by molar-refractivity contribution is -0.137. The number of hydrogen-bond donors (Lipinski definition) is 1. The van der Waals surface area contributed by atoms with Crippen molar-refractivity contribution in [2.24, 2.45) is 5.92 Å². The van der Waals surface area contributed by atoms with Gasteiger partial charge < -0.3 is 14.7 Å². The van der Waals surface area contributed by atoms with Crippen LogP contribution >= 0.6 is 0 Å². The van der Waals surface area contributed by atoms with Gasteiger partial charge in [-0.25, -0.2) is 8.78 Å². The van der Waals surface area contributed by atoms with Crippen LogP contribution < -0.4 is 4.74 Å². The summed E-state index contributed by atoms with van der Waals surface area (Å²) in [6.45, 7) is 4.33. The summed E-state index contributed by atoms with van der Waals surface area (Å²) < 4.78 is 31.3. The van der Waals surface area contributed by atoms with Crippen molar-refractivity contribution in [1.29, 1.82) is 0 Å². The lowest BCUT2D eigenvalue weighted by Gasteiger charge is -2.22. The molecular formula is C15H19F2NO3. The summed E-state index contributed by atoms with van der Waals surface area (Å²) in [5.41, 5.74) is 0. The molecule has 1 N–H and O–H groups in total. The Kier molecular flexibility index (Phi) is 4.77. The zero-order chi connectivity index (χ0) is 15.6. The van der Waals surface area contributed by atoms with Gasteiger partial charge in [0.05, 0.1) is 6.10 Å². The molecule has 3 atom stereocenters. The molecule has 21 heavy (non-hydrogen) atoms. The highest BCUT2D eigenvalue weighted by Gasteiger charge is 2.31. The molecule has 1 aliphatic rings. The maximum absolute atomic E-state index is 13.1. The summed E-state index contributed by atoms with van der Waals surface area (Å²) in [7, 11) is 0. The van der Waals surface area contributed by atoms with Crippen molar-refractivity contribution >= 4 is 5.91 Å². The van der Waals surface area contributed by atoms with Gasteiger partial charge in [-0.3, -0.25) is 4.79 Å². The molecule has 1 heterocycles. The van der Waals surface area contributed by atoms with E-state index in [0.29, 0.717) is 13.1 Å². The zero-order valence-electron chi connectivity index (χ0n) is 12.1. The first-order valence-corrected chi connectivity index (χ1v) is 6.97. The number of nitrogens with zero attached hydrogens (tertiary/aromatic N) is 1. The fourth-order valence-corrected chi connectivity index (χ4v) is 2.44. The largest absolute Gasteiger partial charge is 0.481 e. The number of amides is 1. The van der Waals surface area contributed by atoms with Gasteiger partial charge in [-0.05, 0) is 32.4 Å². The van der Waals surface area contributed by atoms with Crippen molar-refractivity contribution in [3.63, 3.8) is 0 Å². The lowest BCUT2D eigenvalue weighted by atomic mass is 10.0. The second kappa shape index (κ2) is 6.39. The Labute approximate surface area is 122 Å². The third-order valence-corrected chi connectivity index (χ3v) is 3.77. The average molecular weight is 299 g/mol. The number of carbonyl (C=O) groups excluding carboxylic acids is 1. The number of hydrogen-bond acceptors (Lipinski definition) is 3. The van der Waals surface area contributed by atoms with Crippen LogP contribution in [0.25, 0.3) is 0 Å². The van der Waals surface area contributed by atoms with Gasteiger partial charge in [0.15, 0.2) is 17.7 Å². The molecule has 2 rings (SSSR count). The SMILES string of the molecule is CC(Oc1ccc(F)c(F)c1)C(=O)N1CCC(C(C)O)C1. The van der Waals surface area contributed by atoms with E-state index < -0.39 is 23.8 Å². The lowest BCUT2D eigenvalue weighted by Crippen LogP contribution is -2.39. The summed E-state index contributed by atoms with van der Waals surface area (Å²) in [6.07, 6.45) is -0.491. The number of benzene rings is 1. The number of aliphatic hydroxyl groups excluding tert-OH is 1. The number of halogens is 2. The maximum atomic E-state index is 13.1. The van der Waals surface area contributed by atoms with E-state index in [2.05, 4.69) is 0 Å². The first-order valence-electron chi connectivity index (χ1n) is 6.97. The van der Waals surface area contributed by atoms with Crippen LogP contribution in [0.3, 0.4) is 0 Å². The van der Waals surface area contributed by atoms with E-state index in [1.807, 2.05) is 0 Å². The molecule has 3 unspecified atom stereocenters. The maximum Gasteiger partial charge on any atom is 0.263 e. The number of ether oxygens (including phenoxy) is 1. The van der Waals surface area contributed by atoms with Gasteiger partial charge in [-0.2, -0.15) is 0 Å². The van der Waals surface area contributed by atoms with Crippen molar-refractivity contribution in [1.82, 2.24) is 4.90 Å². The van der Waals surface area contributed by atoms with Crippen molar-refractivity contribution < 1.29 is 23.4 Å². The number of carbonyl (C=O) groups is 1. The first-order chi connectivity index (χ1) is 9.88. The van der Waals surface area contributed by atoms with Crippen LogP contribution in [0.2, 0.25) is 0 Å². The van der Waals surface area contributed by atoms with E-state index >= 15 is 0 Å². The normalized spacial score (nSPS) is 21.2. The molecular weight excluding hydrogens is 280 g/mol. The molecule has 1 aromatic carbocycles. The molecule has 0 radical (unpaired) electrons. The molecule has 6 heteroatoms. The van der Waals surface area contributed by atoms with Crippen LogP contribution in [0, 0.1) is 17.6 Å². The van der Waals surface area contributed by atoms with E-state index in [9.17, 15) is 18.7 Å². The molecule has 0 aromatic heterocycles. The molecule has 0 bridgehead atoms. The van der Waals surface area contributed by atoms with Crippen LogP contribution in [0.1, 0.15) is 20.3 Å².